The van der Waals surface area contributed by atoms with Gasteiger partial charge in [0.05, 0.1) is 8.95 Å². The lowest BCUT2D eigenvalue weighted by Gasteiger charge is -2.25. The zero-order valence-electron chi connectivity index (χ0n) is 8.26. The Balaban J connectivity index is 2.30. The van der Waals surface area contributed by atoms with Crippen LogP contribution in [0.25, 0.3) is 0 Å². The van der Waals surface area contributed by atoms with E-state index in [1.807, 2.05) is 0 Å². The highest BCUT2D eigenvalue weighted by Crippen LogP contribution is 2.34. The number of rotatable bonds is 1. The summed E-state index contributed by atoms with van der Waals surface area (Å²) in [6, 6.07) is 3.56. The van der Waals surface area contributed by atoms with E-state index in [0.29, 0.717) is 21.9 Å². The monoisotopic (exact) mass is 348 g/mol. The van der Waals surface area contributed by atoms with Crippen molar-refractivity contribution in [3.8, 4) is 5.75 Å². The van der Waals surface area contributed by atoms with E-state index in [1.54, 1.807) is 12.1 Å². The molecule has 1 aliphatic rings. The second-order valence-corrected chi connectivity index (χ2v) is 5.25. The van der Waals surface area contributed by atoms with E-state index >= 15 is 0 Å². The second kappa shape index (κ2) is 4.73. The van der Waals surface area contributed by atoms with Gasteiger partial charge in [0.15, 0.2) is 0 Å². The highest BCUT2D eigenvalue weighted by molar-refractivity contribution is 9.11. The van der Waals surface area contributed by atoms with E-state index in [1.165, 1.54) is 0 Å². The maximum atomic E-state index is 11.3. The van der Waals surface area contributed by atoms with E-state index in [4.69, 9.17) is 0 Å². The molecule has 1 aliphatic heterocycles. The Kier molecular flexibility index (Phi) is 3.51. The third kappa shape index (κ3) is 2.39. The van der Waals surface area contributed by atoms with Gasteiger partial charge in [0.2, 0.25) is 5.91 Å². The summed E-state index contributed by atoms with van der Waals surface area (Å²) in [5, 5.41) is 15.6. The molecule has 86 valence electrons. The number of benzene rings is 1. The number of aromatic hydroxyl groups is 1. The molecule has 0 saturated carbocycles. The van der Waals surface area contributed by atoms with Gasteiger partial charge in [-0.25, -0.2) is 0 Å². The molecule has 1 saturated heterocycles. The highest BCUT2D eigenvalue weighted by atomic mass is 79.9. The summed E-state index contributed by atoms with van der Waals surface area (Å²) in [4.78, 5) is 11.3. The van der Waals surface area contributed by atoms with Crippen LogP contribution in [0, 0.1) is 0 Å². The molecule has 0 bridgehead atoms. The van der Waals surface area contributed by atoms with Crippen LogP contribution in [-0.4, -0.2) is 17.6 Å². The zero-order valence-corrected chi connectivity index (χ0v) is 11.4. The van der Waals surface area contributed by atoms with Crippen molar-refractivity contribution >= 4 is 37.8 Å². The maximum Gasteiger partial charge on any atom is 0.222 e. The SMILES string of the molecule is O=C1CCN[C@H](c2cc(Br)c(O)c(Br)c2)N1. The lowest BCUT2D eigenvalue weighted by Crippen LogP contribution is -2.44. The first-order valence-corrected chi connectivity index (χ1v) is 6.37. The third-order valence-corrected chi connectivity index (χ3v) is 3.59. The van der Waals surface area contributed by atoms with E-state index in [0.717, 1.165) is 5.56 Å². The van der Waals surface area contributed by atoms with Gasteiger partial charge in [-0.15, -0.1) is 0 Å². The van der Waals surface area contributed by atoms with Gasteiger partial charge in [-0.2, -0.15) is 0 Å². The van der Waals surface area contributed by atoms with Crippen LogP contribution in [-0.2, 0) is 4.79 Å². The summed E-state index contributed by atoms with van der Waals surface area (Å²) in [7, 11) is 0. The average molecular weight is 350 g/mol. The van der Waals surface area contributed by atoms with Gasteiger partial charge < -0.3 is 10.4 Å². The van der Waals surface area contributed by atoms with Crippen LogP contribution in [0.1, 0.15) is 18.2 Å². The first-order valence-electron chi connectivity index (χ1n) is 4.78. The largest absolute Gasteiger partial charge is 0.506 e. The molecular formula is C10H10Br2N2O2. The number of phenols is 1. The number of phenolic OH excluding ortho intramolecular Hbond substituents is 1. The average Bonchev–Trinajstić information content (AvgIpc) is 2.25. The van der Waals surface area contributed by atoms with Crippen LogP contribution in [0.2, 0.25) is 0 Å². The molecule has 16 heavy (non-hydrogen) atoms. The normalized spacial score (nSPS) is 20.6. The minimum Gasteiger partial charge on any atom is -0.506 e. The van der Waals surface area contributed by atoms with Crippen LogP contribution in [0.3, 0.4) is 0 Å². The van der Waals surface area contributed by atoms with Crippen LogP contribution >= 0.6 is 31.9 Å². The zero-order chi connectivity index (χ0) is 11.7. The molecular weight excluding hydrogens is 340 g/mol. The molecule has 1 atom stereocenters. The second-order valence-electron chi connectivity index (χ2n) is 3.54. The summed E-state index contributed by atoms with van der Waals surface area (Å²) < 4.78 is 1.19. The summed E-state index contributed by atoms with van der Waals surface area (Å²) in [5.74, 6) is 0.190. The van der Waals surface area contributed by atoms with Crippen molar-refractivity contribution in [3.63, 3.8) is 0 Å². The lowest BCUT2D eigenvalue weighted by molar-refractivity contribution is -0.123. The fraction of sp³-hybridized carbons (Fsp3) is 0.300. The topological polar surface area (TPSA) is 61.4 Å². The molecule has 6 heteroatoms. The summed E-state index contributed by atoms with van der Waals surface area (Å²) >= 11 is 6.52. The predicted octanol–water partition coefficient (Wildman–Crippen LogP) is 2.03. The number of amides is 1. The molecule has 1 fully saturated rings. The van der Waals surface area contributed by atoms with Gasteiger partial charge in [0.25, 0.3) is 0 Å². The van der Waals surface area contributed by atoms with Crippen molar-refractivity contribution in [2.45, 2.75) is 12.6 Å². The van der Waals surface area contributed by atoms with E-state index in [9.17, 15) is 9.90 Å². The van der Waals surface area contributed by atoms with Crippen LogP contribution in [0.4, 0.5) is 0 Å². The van der Waals surface area contributed by atoms with Gasteiger partial charge in [0.1, 0.15) is 11.9 Å². The summed E-state index contributed by atoms with van der Waals surface area (Å²) in [6.45, 7) is 0.659. The Morgan fingerprint density at radius 3 is 2.50 bits per heavy atom. The predicted molar refractivity (Wildman–Crippen MR) is 67.0 cm³/mol. The van der Waals surface area contributed by atoms with Crippen molar-refractivity contribution in [2.75, 3.05) is 6.54 Å². The molecule has 0 unspecified atom stereocenters. The Labute approximate surface area is 110 Å². The Morgan fingerprint density at radius 2 is 1.94 bits per heavy atom. The molecule has 1 heterocycles. The van der Waals surface area contributed by atoms with Crippen LogP contribution < -0.4 is 10.6 Å². The first kappa shape index (κ1) is 11.9. The van der Waals surface area contributed by atoms with Crippen LogP contribution in [0.5, 0.6) is 5.75 Å². The molecule has 3 N–H and O–H groups in total. The van der Waals surface area contributed by atoms with Gasteiger partial charge in [-0.05, 0) is 49.6 Å². The number of carbonyl (C=O) groups excluding carboxylic acids is 1. The van der Waals surface area contributed by atoms with Gasteiger partial charge in [0, 0.05) is 13.0 Å². The summed E-state index contributed by atoms with van der Waals surface area (Å²) in [6.07, 6.45) is 0.297. The van der Waals surface area contributed by atoms with Crippen molar-refractivity contribution in [2.24, 2.45) is 0 Å². The lowest BCUT2D eigenvalue weighted by atomic mass is 10.1. The molecule has 1 aromatic carbocycles. The Bertz CT molecular complexity index is 414. The molecule has 0 radical (unpaired) electrons. The number of carbonyl (C=O) groups is 1. The minimum atomic E-state index is -0.200. The molecule has 0 spiro atoms. The number of hydrogen-bond donors (Lipinski definition) is 3. The number of halogens is 2. The number of hydrogen-bond acceptors (Lipinski definition) is 3. The molecule has 1 aromatic rings. The maximum absolute atomic E-state index is 11.3. The molecule has 0 aromatic heterocycles. The molecule has 1 amide bonds. The van der Waals surface area contributed by atoms with Gasteiger partial charge in [-0.3, -0.25) is 10.1 Å². The minimum absolute atomic E-state index is 0.0315. The standard InChI is InChI=1S/C10H10Br2N2O2/c11-6-3-5(4-7(12)9(6)16)10-13-2-1-8(15)14-10/h3-4,10,13,16H,1-2H2,(H,14,15)/t10-/m0/s1. The highest BCUT2D eigenvalue weighted by Gasteiger charge is 2.20. The Hall–Kier alpha value is -0.590. The van der Waals surface area contributed by atoms with Crippen LogP contribution in [0.15, 0.2) is 21.1 Å². The first-order chi connectivity index (χ1) is 7.58. The van der Waals surface area contributed by atoms with Gasteiger partial charge in [-0.1, -0.05) is 0 Å². The summed E-state index contributed by atoms with van der Waals surface area (Å²) in [5.41, 5.74) is 0.893. The smallest absolute Gasteiger partial charge is 0.222 e. The van der Waals surface area contributed by atoms with Crippen molar-refractivity contribution < 1.29 is 9.90 Å². The van der Waals surface area contributed by atoms with E-state index in [-0.39, 0.29) is 17.8 Å². The van der Waals surface area contributed by atoms with Crippen molar-refractivity contribution in [3.05, 3.63) is 26.6 Å². The Morgan fingerprint density at radius 1 is 1.31 bits per heavy atom. The quantitative estimate of drug-likeness (QED) is 0.727. The fourth-order valence-corrected chi connectivity index (χ4v) is 2.79. The third-order valence-electron chi connectivity index (χ3n) is 2.38. The van der Waals surface area contributed by atoms with Crippen molar-refractivity contribution in [1.29, 1.82) is 0 Å². The van der Waals surface area contributed by atoms with Gasteiger partial charge >= 0.3 is 0 Å². The number of nitrogens with one attached hydrogen (secondary N) is 2. The molecule has 4 nitrogen and oxygen atoms in total. The van der Waals surface area contributed by atoms with E-state index < -0.39 is 0 Å². The molecule has 2 rings (SSSR count). The molecule has 0 aliphatic carbocycles. The van der Waals surface area contributed by atoms with E-state index in [2.05, 4.69) is 42.5 Å². The fourth-order valence-electron chi connectivity index (χ4n) is 1.57. The van der Waals surface area contributed by atoms with Crippen molar-refractivity contribution in [1.82, 2.24) is 10.6 Å².